The van der Waals surface area contributed by atoms with Crippen molar-refractivity contribution in [3.63, 3.8) is 0 Å². The largest absolute Gasteiger partial charge is 0.350 e. The molecule has 0 unspecified atom stereocenters. The molecule has 0 saturated carbocycles. The van der Waals surface area contributed by atoms with Gasteiger partial charge in [0.2, 0.25) is 11.8 Å². The zero-order valence-electron chi connectivity index (χ0n) is 9.85. The molecule has 0 aliphatic rings. The number of carbonyl (C=O) groups is 2. The van der Waals surface area contributed by atoms with Gasteiger partial charge in [-0.3, -0.25) is 9.59 Å². The summed E-state index contributed by atoms with van der Waals surface area (Å²) < 4.78 is 0. The minimum Gasteiger partial charge on any atom is -0.350 e. The molecule has 0 heterocycles. The number of carbonyl (C=O) groups excluding carboxylic acids is 2. The van der Waals surface area contributed by atoms with Crippen LogP contribution in [0.1, 0.15) is 5.56 Å². The molecular weight excluding hydrogens is 218 g/mol. The number of hydrogen-bond acceptors (Lipinski definition) is 3. The van der Waals surface area contributed by atoms with Gasteiger partial charge in [0.25, 0.3) is 0 Å². The van der Waals surface area contributed by atoms with Crippen LogP contribution in [-0.4, -0.2) is 36.9 Å². The second-order valence-corrected chi connectivity index (χ2v) is 3.72. The summed E-state index contributed by atoms with van der Waals surface area (Å²) in [6, 6.07) is 9.58. The molecule has 5 nitrogen and oxygen atoms in total. The van der Waals surface area contributed by atoms with Crippen molar-refractivity contribution < 1.29 is 9.59 Å². The molecule has 0 saturated heterocycles. The number of nitrogens with two attached hydrogens (primary N) is 1. The zero-order valence-corrected chi connectivity index (χ0v) is 9.85. The van der Waals surface area contributed by atoms with Crippen molar-refractivity contribution in [3.8, 4) is 0 Å². The lowest BCUT2D eigenvalue weighted by Gasteiger charge is -2.15. The maximum atomic E-state index is 11.5. The van der Waals surface area contributed by atoms with E-state index in [0.717, 1.165) is 5.56 Å². The molecule has 0 aromatic heterocycles. The van der Waals surface area contributed by atoms with Gasteiger partial charge in [-0.05, 0) is 5.56 Å². The first-order valence-corrected chi connectivity index (χ1v) is 5.38. The zero-order chi connectivity index (χ0) is 12.7. The molecule has 0 fully saturated rings. The van der Waals surface area contributed by atoms with E-state index in [4.69, 9.17) is 5.73 Å². The van der Waals surface area contributed by atoms with Crippen molar-refractivity contribution in [2.75, 3.05) is 20.1 Å². The molecule has 1 rings (SSSR count). The molecule has 0 aliphatic carbocycles. The third-order valence-electron chi connectivity index (χ3n) is 2.31. The SMILES string of the molecule is CN(CC(=O)NCc1ccccc1)C(=O)CN. The van der Waals surface area contributed by atoms with Crippen LogP contribution in [0.2, 0.25) is 0 Å². The third kappa shape index (κ3) is 4.65. The second kappa shape index (κ2) is 6.65. The van der Waals surface area contributed by atoms with Gasteiger partial charge in [0, 0.05) is 13.6 Å². The van der Waals surface area contributed by atoms with Gasteiger partial charge in [0.05, 0.1) is 13.1 Å². The Bertz CT molecular complexity index is 379. The fraction of sp³-hybridized carbons (Fsp3) is 0.333. The van der Waals surface area contributed by atoms with Crippen LogP contribution in [0.5, 0.6) is 0 Å². The van der Waals surface area contributed by atoms with Crippen molar-refractivity contribution in [2.24, 2.45) is 5.73 Å². The number of hydrogen-bond donors (Lipinski definition) is 2. The van der Waals surface area contributed by atoms with E-state index in [1.54, 1.807) is 7.05 Å². The summed E-state index contributed by atoms with van der Waals surface area (Å²) in [6.45, 7) is 0.412. The average Bonchev–Trinajstić information content (AvgIpc) is 2.36. The van der Waals surface area contributed by atoms with Crippen molar-refractivity contribution >= 4 is 11.8 Å². The lowest BCUT2D eigenvalue weighted by atomic mass is 10.2. The fourth-order valence-electron chi connectivity index (χ4n) is 1.31. The lowest BCUT2D eigenvalue weighted by molar-refractivity contribution is -0.133. The number of benzene rings is 1. The summed E-state index contributed by atoms with van der Waals surface area (Å²) >= 11 is 0. The van der Waals surface area contributed by atoms with E-state index < -0.39 is 0 Å². The molecule has 0 bridgehead atoms. The van der Waals surface area contributed by atoms with Gasteiger partial charge in [0.15, 0.2) is 0 Å². The molecule has 5 heteroatoms. The van der Waals surface area contributed by atoms with Crippen LogP contribution in [0.25, 0.3) is 0 Å². The predicted molar refractivity (Wildman–Crippen MR) is 65.0 cm³/mol. The van der Waals surface area contributed by atoms with Crippen LogP contribution in [0.15, 0.2) is 30.3 Å². The Morgan fingerprint density at radius 3 is 2.53 bits per heavy atom. The number of likely N-dealkylation sites (N-methyl/N-ethyl adjacent to an activating group) is 1. The Morgan fingerprint density at radius 1 is 1.29 bits per heavy atom. The van der Waals surface area contributed by atoms with Gasteiger partial charge >= 0.3 is 0 Å². The molecule has 0 spiro atoms. The molecule has 2 amide bonds. The first-order valence-electron chi connectivity index (χ1n) is 5.38. The van der Waals surface area contributed by atoms with Gasteiger partial charge in [0.1, 0.15) is 0 Å². The van der Waals surface area contributed by atoms with Crippen LogP contribution in [0.4, 0.5) is 0 Å². The molecule has 1 aromatic rings. The molecule has 92 valence electrons. The van der Waals surface area contributed by atoms with E-state index in [0.29, 0.717) is 6.54 Å². The van der Waals surface area contributed by atoms with Gasteiger partial charge in [-0.15, -0.1) is 0 Å². The first-order chi connectivity index (χ1) is 8.13. The maximum absolute atomic E-state index is 11.5. The Morgan fingerprint density at radius 2 is 1.94 bits per heavy atom. The van der Waals surface area contributed by atoms with E-state index in [1.165, 1.54) is 4.90 Å². The van der Waals surface area contributed by atoms with Crippen LogP contribution in [0, 0.1) is 0 Å². The highest BCUT2D eigenvalue weighted by atomic mass is 16.2. The van der Waals surface area contributed by atoms with Crippen molar-refractivity contribution in [1.82, 2.24) is 10.2 Å². The highest BCUT2D eigenvalue weighted by Crippen LogP contribution is 1.97. The molecule has 1 aromatic carbocycles. The minimum atomic E-state index is -0.250. The monoisotopic (exact) mass is 235 g/mol. The van der Waals surface area contributed by atoms with Gasteiger partial charge in [-0.1, -0.05) is 30.3 Å². The van der Waals surface area contributed by atoms with Crippen molar-refractivity contribution in [2.45, 2.75) is 6.54 Å². The molecular formula is C12H17N3O2. The highest BCUT2D eigenvalue weighted by molar-refractivity contribution is 5.85. The van der Waals surface area contributed by atoms with Gasteiger partial charge in [-0.2, -0.15) is 0 Å². The molecule has 0 atom stereocenters. The van der Waals surface area contributed by atoms with E-state index >= 15 is 0 Å². The number of nitrogens with one attached hydrogen (secondary N) is 1. The number of amides is 2. The average molecular weight is 235 g/mol. The lowest BCUT2D eigenvalue weighted by Crippen LogP contribution is -2.40. The van der Waals surface area contributed by atoms with Crippen LogP contribution < -0.4 is 11.1 Å². The Balaban J connectivity index is 2.33. The van der Waals surface area contributed by atoms with Crippen molar-refractivity contribution in [1.29, 1.82) is 0 Å². The van der Waals surface area contributed by atoms with E-state index in [2.05, 4.69) is 5.32 Å². The van der Waals surface area contributed by atoms with E-state index in [1.807, 2.05) is 30.3 Å². The number of rotatable bonds is 5. The summed E-state index contributed by atoms with van der Waals surface area (Å²) in [7, 11) is 1.55. The van der Waals surface area contributed by atoms with Gasteiger partial charge in [-0.25, -0.2) is 0 Å². The quantitative estimate of drug-likeness (QED) is 0.737. The van der Waals surface area contributed by atoms with Gasteiger partial charge < -0.3 is 16.0 Å². The summed E-state index contributed by atoms with van der Waals surface area (Å²) in [5, 5.41) is 2.74. The van der Waals surface area contributed by atoms with E-state index in [9.17, 15) is 9.59 Å². The Hall–Kier alpha value is -1.88. The standard InChI is InChI=1S/C12H17N3O2/c1-15(12(17)7-13)9-11(16)14-8-10-5-3-2-4-6-10/h2-6H,7-9,13H2,1H3,(H,14,16). The topological polar surface area (TPSA) is 75.4 Å². The predicted octanol–water partition coefficient (Wildman–Crippen LogP) is -0.280. The molecule has 3 N–H and O–H groups in total. The summed E-state index contributed by atoms with van der Waals surface area (Å²) in [6.07, 6.45) is 0. The smallest absolute Gasteiger partial charge is 0.239 e. The first kappa shape index (κ1) is 13.2. The molecule has 17 heavy (non-hydrogen) atoms. The molecule has 0 radical (unpaired) electrons. The minimum absolute atomic E-state index is 0.0306. The maximum Gasteiger partial charge on any atom is 0.239 e. The Labute approximate surface area is 101 Å². The number of nitrogens with zero attached hydrogens (tertiary/aromatic N) is 1. The molecule has 0 aliphatic heterocycles. The summed E-state index contributed by atoms with van der Waals surface area (Å²) in [5.74, 6) is -0.446. The van der Waals surface area contributed by atoms with Crippen LogP contribution in [-0.2, 0) is 16.1 Å². The summed E-state index contributed by atoms with van der Waals surface area (Å²) in [4.78, 5) is 23.9. The van der Waals surface area contributed by atoms with Crippen LogP contribution >= 0.6 is 0 Å². The highest BCUT2D eigenvalue weighted by Gasteiger charge is 2.10. The fourth-order valence-corrected chi connectivity index (χ4v) is 1.31. The normalized spacial score (nSPS) is 9.76. The second-order valence-electron chi connectivity index (χ2n) is 3.72. The summed E-state index contributed by atoms with van der Waals surface area (Å²) in [5.41, 5.74) is 6.21. The van der Waals surface area contributed by atoms with Crippen molar-refractivity contribution in [3.05, 3.63) is 35.9 Å². The van der Waals surface area contributed by atoms with Crippen LogP contribution in [0.3, 0.4) is 0 Å². The van der Waals surface area contributed by atoms with E-state index in [-0.39, 0.29) is 24.9 Å². The Kier molecular flexibility index (Phi) is 5.16. The third-order valence-corrected chi connectivity index (χ3v) is 2.31.